The highest BCUT2D eigenvalue weighted by Crippen LogP contribution is 2.70. The molecule has 0 radical (unpaired) electrons. The lowest BCUT2D eigenvalue weighted by molar-refractivity contribution is -0.166. The molecule has 1 aliphatic heterocycles. The maximum absolute atomic E-state index is 10.9. The molecule has 3 N–H and O–H groups in total. The van der Waals surface area contributed by atoms with Crippen LogP contribution in [-0.4, -0.2) is 63.5 Å². The molecule has 1 spiro atoms. The Balaban J connectivity index is 1.47. The molecule has 36 heavy (non-hydrogen) atoms. The standard InChI is InChI=1S/C26H33N5O4S/c1-13-11-17-18(12-14(13)2)36-22(29-17)19-15(3)28-23(27-9-10-33-6)30-21(19)31-25-8-7-16-20(32)26(16,25)35-24(4,5)34-25/h11-12,16,20,32H,7-10H2,1-6H3,(H2,27,28,30,31). The van der Waals surface area contributed by atoms with Gasteiger partial charge in [-0.2, -0.15) is 4.98 Å². The van der Waals surface area contributed by atoms with Crippen LogP contribution in [0.15, 0.2) is 12.1 Å². The lowest BCUT2D eigenvalue weighted by Crippen LogP contribution is -2.50. The van der Waals surface area contributed by atoms with Crippen molar-refractivity contribution in [2.75, 3.05) is 30.9 Å². The van der Waals surface area contributed by atoms with Gasteiger partial charge < -0.3 is 30.0 Å². The van der Waals surface area contributed by atoms with E-state index in [1.807, 2.05) is 20.8 Å². The average Bonchev–Trinajstić information content (AvgIpc) is 3.07. The zero-order valence-electron chi connectivity index (χ0n) is 21.6. The highest BCUT2D eigenvalue weighted by atomic mass is 32.1. The van der Waals surface area contributed by atoms with Crippen molar-refractivity contribution in [3.63, 3.8) is 0 Å². The lowest BCUT2D eigenvalue weighted by Gasteiger charge is -2.33. The molecule has 0 amide bonds. The number of aliphatic hydroxyl groups excluding tert-OH is 1. The molecular formula is C26H33N5O4S. The first-order valence-corrected chi connectivity index (χ1v) is 13.3. The number of thiazole rings is 1. The summed E-state index contributed by atoms with van der Waals surface area (Å²) >= 11 is 1.63. The summed E-state index contributed by atoms with van der Waals surface area (Å²) < 4.78 is 19.2. The Morgan fingerprint density at radius 2 is 1.92 bits per heavy atom. The number of fused-ring (bicyclic) bond motifs is 1. The molecule has 3 heterocycles. The van der Waals surface area contributed by atoms with Crippen molar-refractivity contribution in [2.45, 2.75) is 70.7 Å². The first kappa shape index (κ1) is 24.0. The van der Waals surface area contributed by atoms with Crippen molar-refractivity contribution >= 4 is 33.3 Å². The maximum Gasteiger partial charge on any atom is 0.224 e. The van der Waals surface area contributed by atoms with Crippen LogP contribution in [0.3, 0.4) is 0 Å². The van der Waals surface area contributed by atoms with E-state index in [0.717, 1.165) is 32.9 Å². The van der Waals surface area contributed by atoms with Gasteiger partial charge in [0.15, 0.2) is 17.1 Å². The molecular weight excluding hydrogens is 478 g/mol. The third kappa shape index (κ3) is 3.46. The summed E-state index contributed by atoms with van der Waals surface area (Å²) in [7, 11) is 1.66. The summed E-state index contributed by atoms with van der Waals surface area (Å²) in [6.45, 7) is 11.1. The van der Waals surface area contributed by atoms with E-state index >= 15 is 0 Å². The fraction of sp³-hybridized carbons (Fsp3) is 0.577. The number of aromatic nitrogens is 3. The zero-order valence-corrected chi connectivity index (χ0v) is 22.4. The molecule has 4 unspecified atom stereocenters. The van der Waals surface area contributed by atoms with Gasteiger partial charge in [-0.15, -0.1) is 11.3 Å². The van der Waals surface area contributed by atoms with Crippen molar-refractivity contribution in [3.8, 4) is 10.6 Å². The van der Waals surface area contributed by atoms with Crippen molar-refractivity contribution in [1.29, 1.82) is 0 Å². The summed E-state index contributed by atoms with van der Waals surface area (Å²) in [6.07, 6.45) is 0.966. The van der Waals surface area contributed by atoms with Gasteiger partial charge in [0.1, 0.15) is 10.8 Å². The number of ether oxygens (including phenoxy) is 3. The third-order valence-corrected chi connectivity index (χ3v) is 8.79. The molecule has 2 aliphatic carbocycles. The minimum absolute atomic E-state index is 0.0471. The number of rotatable bonds is 7. The first-order chi connectivity index (χ1) is 17.1. The highest BCUT2D eigenvalue weighted by molar-refractivity contribution is 7.21. The minimum atomic E-state index is -0.885. The van der Waals surface area contributed by atoms with Crippen LogP contribution in [0, 0.1) is 26.7 Å². The van der Waals surface area contributed by atoms with Crippen LogP contribution in [-0.2, 0) is 14.2 Å². The Kier molecular flexibility index (Phi) is 5.37. The lowest BCUT2D eigenvalue weighted by atomic mass is 10.0. The number of methoxy groups -OCH3 is 1. The van der Waals surface area contributed by atoms with Gasteiger partial charge >= 0.3 is 0 Å². The van der Waals surface area contributed by atoms with E-state index in [1.165, 1.54) is 11.1 Å². The Labute approximate surface area is 214 Å². The van der Waals surface area contributed by atoms with Crippen LogP contribution < -0.4 is 10.6 Å². The first-order valence-electron chi connectivity index (χ1n) is 12.5. The quantitative estimate of drug-likeness (QED) is 0.403. The smallest absolute Gasteiger partial charge is 0.224 e. The molecule has 9 nitrogen and oxygen atoms in total. The van der Waals surface area contributed by atoms with Crippen LogP contribution in [0.1, 0.15) is 43.5 Å². The predicted octanol–water partition coefficient (Wildman–Crippen LogP) is 4.15. The number of benzene rings is 1. The summed E-state index contributed by atoms with van der Waals surface area (Å²) in [6, 6.07) is 4.31. The number of nitrogens with zero attached hydrogens (tertiary/aromatic N) is 3. The average molecular weight is 512 g/mol. The number of anilines is 2. The van der Waals surface area contributed by atoms with Gasteiger partial charge in [-0.05, 0) is 70.7 Å². The van der Waals surface area contributed by atoms with E-state index < -0.39 is 23.2 Å². The number of aryl methyl sites for hydroxylation is 3. The van der Waals surface area contributed by atoms with Crippen LogP contribution in [0.5, 0.6) is 0 Å². The summed E-state index contributed by atoms with van der Waals surface area (Å²) in [5.41, 5.74) is 3.38. The van der Waals surface area contributed by atoms with Crippen LogP contribution >= 0.6 is 11.3 Å². The Morgan fingerprint density at radius 1 is 1.14 bits per heavy atom. The van der Waals surface area contributed by atoms with Gasteiger partial charge in [0.2, 0.25) is 5.95 Å². The number of nitrogens with one attached hydrogen (secondary N) is 2. The van der Waals surface area contributed by atoms with Gasteiger partial charge in [-0.3, -0.25) is 0 Å². The van der Waals surface area contributed by atoms with Gasteiger partial charge in [-0.25, -0.2) is 9.97 Å². The monoisotopic (exact) mass is 511 g/mol. The van der Waals surface area contributed by atoms with E-state index in [9.17, 15) is 5.11 Å². The van der Waals surface area contributed by atoms with Crippen molar-refractivity contribution in [1.82, 2.24) is 15.0 Å². The Morgan fingerprint density at radius 3 is 2.67 bits per heavy atom. The molecule has 3 fully saturated rings. The van der Waals surface area contributed by atoms with Gasteiger partial charge in [0.25, 0.3) is 0 Å². The fourth-order valence-electron chi connectivity index (χ4n) is 6.00. The Bertz CT molecular complexity index is 1320. The molecule has 3 aromatic rings. The van der Waals surface area contributed by atoms with E-state index in [2.05, 4.69) is 36.6 Å². The summed E-state index contributed by atoms with van der Waals surface area (Å²) in [4.78, 5) is 14.6. The van der Waals surface area contributed by atoms with E-state index in [0.29, 0.717) is 31.3 Å². The zero-order chi connectivity index (χ0) is 25.5. The molecule has 2 saturated carbocycles. The molecule has 192 valence electrons. The topological polar surface area (TPSA) is 111 Å². The molecule has 1 aromatic carbocycles. The van der Waals surface area contributed by atoms with Crippen LogP contribution in [0.25, 0.3) is 20.8 Å². The molecule has 6 rings (SSSR count). The van der Waals surface area contributed by atoms with Crippen molar-refractivity contribution < 1.29 is 19.3 Å². The second-order valence-corrected chi connectivity index (χ2v) is 11.7. The van der Waals surface area contributed by atoms with Crippen molar-refractivity contribution in [3.05, 3.63) is 29.0 Å². The van der Waals surface area contributed by atoms with Gasteiger partial charge in [0, 0.05) is 19.6 Å². The second kappa shape index (κ2) is 8.06. The van der Waals surface area contributed by atoms with Crippen molar-refractivity contribution in [2.24, 2.45) is 5.92 Å². The molecule has 2 aromatic heterocycles. The minimum Gasteiger partial charge on any atom is -0.389 e. The predicted molar refractivity (Wildman–Crippen MR) is 139 cm³/mol. The molecule has 4 atom stereocenters. The van der Waals surface area contributed by atoms with Crippen LogP contribution in [0.2, 0.25) is 0 Å². The highest BCUT2D eigenvalue weighted by Gasteiger charge is 2.85. The number of aliphatic hydroxyl groups is 1. The normalized spacial score (nSPS) is 29.9. The molecule has 1 saturated heterocycles. The maximum atomic E-state index is 10.9. The van der Waals surface area contributed by atoms with Gasteiger partial charge in [0.05, 0.1) is 34.2 Å². The van der Waals surface area contributed by atoms with E-state index in [4.69, 9.17) is 29.2 Å². The third-order valence-electron chi connectivity index (χ3n) is 7.75. The van der Waals surface area contributed by atoms with Gasteiger partial charge in [-0.1, -0.05) is 0 Å². The molecule has 10 heteroatoms. The number of hydrogen-bond acceptors (Lipinski definition) is 10. The molecule has 3 aliphatic rings. The summed E-state index contributed by atoms with van der Waals surface area (Å²) in [5, 5.41) is 18.6. The second-order valence-electron chi connectivity index (χ2n) is 10.6. The fourth-order valence-corrected chi connectivity index (χ4v) is 7.15. The van der Waals surface area contributed by atoms with E-state index in [-0.39, 0.29) is 5.92 Å². The largest absolute Gasteiger partial charge is 0.389 e. The SMILES string of the molecule is COCCNc1nc(C)c(-c2nc3cc(C)c(C)cc3s2)c(NC23CCC4C(O)C42OC(C)(C)O3)n1. The molecule has 0 bridgehead atoms. The number of hydrogen-bond donors (Lipinski definition) is 3. The Hall–Kier alpha value is -2.37. The summed E-state index contributed by atoms with van der Waals surface area (Å²) in [5.74, 6) is 0.342. The van der Waals surface area contributed by atoms with E-state index in [1.54, 1.807) is 18.4 Å². The van der Waals surface area contributed by atoms with Crippen LogP contribution in [0.4, 0.5) is 11.8 Å².